The second-order valence-electron chi connectivity index (χ2n) is 3.95. The summed E-state index contributed by atoms with van der Waals surface area (Å²) in [5.41, 5.74) is 6.22. The molecule has 1 saturated carbocycles. The minimum Gasteiger partial charge on any atom is -0.330 e. The van der Waals surface area contributed by atoms with E-state index >= 15 is 0 Å². The van der Waals surface area contributed by atoms with Crippen LogP contribution in [0, 0.1) is 5.41 Å². The number of unbranched alkanes of at least 4 members (excludes halogenated alkanes) is 1. The second kappa shape index (κ2) is 4.10. The molecule has 0 atom stereocenters. The smallest absolute Gasteiger partial charge is 0.00773 e. The molecule has 0 bridgehead atoms. The molecule has 66 valence electrons. The third-order valence-electron chi connectivity index (χ3n) is 3.33. The highest BCUT2D eigenvalue weighted by Crippen LogP contribution is 2.47. The molecule has 2 N–H and O–H groups in total. The molecule has 1 fully saturated rings. The largest absolute Gasteiger partial charge is 0.330 e. The molecule has 1 heteroatoms. The Balaban J connectivity index is 2.11. The van der Waals surface area contributed by atoms with Gasteiger partial charge in [0.1, 0.15) is 0 Å². The summed E-state index contributed by atoms with van der Waals surface area (Å²) in [7, 11) is 0. The van der Waals surface area contributed by atoms with E-state index in [0.717, 1.165) is 12.0 Å². The first-order chi connectivity index (χ1) is 5.33. The molecular weight excluding hydrogens is 134 g/mol. The Morgan fingerprint density at radius 2 is 2.00 bits per heavy atom. The monoisotopic (exact) mass is 155 g/mol. The number of rotatable bonds is 5. The van der Waals surface area contributed by atoms with Crippen molar-refractivity contribution in [3.8, 4) is 0 Å². The molecule has 0 aliphatic heterocycles. The first kappa shape index (κ1) is 9.05. The molecular formula is C10H21N. The van der Waals surface area contributed by atoms with Crippen LogP contribution in [-0.2, 0) is 0 Å². The zero-order chi connectivity index (χ0) is 8.16. The van der Waals surface area contributed by atoms with Crippen LogP contribution >= 0.6 is 0 Å². The fourth-order valence-electron chi connectivity index (χ4n) is 2.10. The van der Waals surface area contributed by atoms with E-state index < -0.39 is 0 Å². The summed E-state index contributed by atoms with van der Waals surface area (Å²) in [6, 6.07) is 0. The molecule has 0 radical (unpaired) electrons. The van der Waals surface area contributed by atoms with Crippen molar-refractivity contribution in [2.75, 3.05) is 6.54 Å². The third-order valence-corrected chi connectivity index (χ3v) is 3.33. The van der Waals surface area contributed by atoms with Gasteiger partial charge in [0.05, 0.1) is 0 Å². The highest BCUT2D eigenvalue weighted by Gasteiger charge is 2.33. The van der Waals surface area contributed by atoms with E-state index in [1.807, 2.05) is 0 Å². The molecule has 0 aromatic heterocycles. The van der Waals surface area contributed by atoms with Crippen LogP contribution in [-0.4, -0.2) is 6.54 Å². The molecule has 1 nitrogen and oxygen atoms in total. The van der Waals surface area contributed by atoms with Gasteiger partial charge in [0.25, 0.3) is 0 Å². The molecule has 0 amide bonds. The van der Waals surface area contributed by atoms with E-state index in [1.165, 1.54) is 44.9 Å². The fraction of sp³-hybridized carbons (Fsp3) is 1.00. The topological polar surface area (TPSA) is 26.0 Å². The van der Waals surface area contributed by atoms with Crippen molar-refractivity contribution < 1.29 is 0 Å². The van der Waals surface area contributed by atoms with Crippen molar-refractivity contribution in [2.45, 2.75) is 51.9 Å². The Kier molecular flexibility index (Phi) is 3.38. The SMILES string of the molecule is CCC1(CCCCN)CCC1. The zero-order valence-electron chi connectivity index (χ0n) is 7.73. The Morgan fingerprint density at radius 1 is 1.27 bits per heavy atom. The second-order valence-corrected chi connectivity index (χ2v) is 3.95. The van der Waals surface area contributed by atoms with Gasteiger partial charge in [0.2, 0.25) is 0 Å². The van der Waals surface area contributed by atoms with E-state index in [4.69, 9.17) is 5.73 Å². The minimum absolute atomic E-state index is 0.759. The molecule has 0 spiro atoms. The fourth-order valence-corrected chi connectivity index (χ4v) is 2.10. The molecule has 0 aromatic rings. The zero-order valence-corrected chi connectivity index (χ0v) is 7.73. The lowest BCUT2D eigenvalue weighted by Gasteiger charge is -2.41. The molecule has 0 heterocycles. The van der Waals surface area contributed by atoms with Crippen molar-refractivity contribution >= 4 is 0 Å². The van der Waals surface area contributed by atoms with E-state index in [1.54, 1.807) is 0 Å². The first-order valence-corrected chi connectivity index (χ1v) is 5.03. The van der Waals surface area contributed by atoms with Crippen LogP contribution < -0.4 is 5.73 Å². The summed E-state index contributed by atoms with van der Waals surface area (Å²) < 4.78 is 0. The van der Waals surface area contributed by atoms with Gasteiger partial charge in [-0.2, -0.15) is 0 Å². The summed E-state index contributed by atoms with van der Waals surface area (Å²) in [6.07, 6.45) is 9.82. The van der Waals surface area contributed by atoms with Gasteiger partial charge in [0, 0.05) is 0 Å². The maximum Gasteiger partial charge on any atom is -0.00773 e. The average molecular weight is 155 g/mol. The maximum absolute atomic E-state index is 5.46. The van der Waals surface area contributed by atoms with Gasteiger partial charge in [-0.1, -0.05) is 26.2 Å². The van der Waals surface area contributed by atoms with E-state index in [-0.39, 0.29) is 0 Å². The summed E-state index contributed by atoms with van der Waals surface area (Å²) in [5.74, 6) is 0. The van der Waals surface area contributed by atoms with Crippen molar-refractivity contribution in [3.63, 3.8) is 0 Å². The minimum atomic E-state index is 0.759. The molecule has 11 heavy (non-hydrogen) atoms. The highest BCUT2D eigenvalue weighted by molar-refractivity contribution is 4.86. The van der Waals surface area contributed by atoms with Gasteiger partial charge in [-0.3, -0.25) is 0 Å². The molecule has 0 unspecified atom stereocenters. The lowest BCUT2D eigenvalue weighted by Crippen LogP contribution is -2.28. The first-order valence-electron chi connectivity index (χ1n) is 5.03. The Bertz CT molecular complexity index is 99.9. The van der Waals surface area contributed by atoms with Crippen molar-refractivity contribution in [1.29, 1.82) is 0 Å². The van der Waals surface area contributed by atoms with Crippen LogP contribution in [0.1, 0.15) is 51.9 Å². The molecule has 0 aromatic carbocycles. The maximum atomic E-state index is 5.46. The van der Waals surface area contributed by atoms with Gasteiger partial charge >= 0.3 is 0 Å². The normalized spacial score (nSPS) is 21.3. The Morgan fingerprint density at radius 3 is 2.36 bits per heavy atom. The van der Waals surface area contributed by atoms with Crippen LogP contribution in [0.2, 0.25) is 0 Å². The lowest BCUT2D eigenvalue weighted by molar-refractivity contribution is 0.110. The predicted octanol–water partition coefficient (Wildman–Crippen LogP) is 2.70. The number of hydrogen-bond donors (Lipinski definition) is 1. The van der Waals surface area contributed by atoms with Crippen molar-refractivity contribution in [1.82, 2.24) is 0 Å². The number of hydrogen-bond acceptors (Lipinski definition) is 1. The van der Waals surface area contributed by atoms with Crippen LogP contribution in [0.4, 0.5) is 0 Å². The summed E-state index contributed by atoms with van der Waals surface area (Å²) in [4.78, 5) is 0. The predicted molar refractivity (Wildman–Crippen MR) is 49.5 cm³/mol. The number of nitrogens with two attached hydrogens (primary N) is 1. The van der Waals surface area contributed by atoms with E-state index in [2.05, 4.69) is 6.92 Å². The molecule has 1 aliphatic carbocycles. The summed E-state index contributed by atoms with van der Waals surface area (Å²) in [5, 5.41) is 0. The van der Waals surface area contributed by atoms with E-state index in [0.29, 0.717) is 0 Å². The van der Waals surface area contributed by atoms with Gasteiger partial charge < -0.3 is 5.73 Å². The third kappa shape index (κ3) is 2.19. The van der Waals surface area contributed by atoms with Gasteiger partial charge in [-0.25, -0.2) is 0 Å². The van der Waals surface area contributed by atoms with Crippen LogP contribution in [0.25, 0.3) is 0 Å². The lowest BCUT2D eigenvalue weighted by atomic mass is 9.64. The molecule has 1 aliphatic rings. The quantitative estimate of drug-likeness (QED) is 0.607. The summed E-state index contributed by atoms with van der Waals surface area (Å²) in [6.45, 7) is 3.21. The standard InChI is InChI=1S/C10H21N/c1-2-10(7-5-8-10)6-3-4-9-11/h2-9,11H2,1H3. The van der Waals surface area contributed by atoms with Gasteiger partial charge in [-0.15, -0.1) is 0 Å². The van der Waals surface area contributed by atoms with Crippen LogP contribution in [0.3, 0.4) is 0 Å². The van der Waals surface area contributed by atoms with Crippen molar-refractivity contribution in [2.24, 2.45) is 11.1 Å². The average Bonchev–Trinajstić information content (AvgIpc) is 1.95. The molecule has 1 rings (SSSR count). The van der Waals surface area contributed by atoms with E-state index in [9.17, 15) is 0 Å². The Labute approximate surface area is 70.4 Å². The highest BCUT2D eigenvalue weighted by atomic mass is 14.5. The van der Waals surface area contributed by atoms with Crippen molar-refractivity contribution in [3.05, 3.63) is 0 Å². The van der Waals surface area contributed by atoms with Crippen LogP contribution in [0.5, 0.6) is 0 Å². The van der Waals surface area contributed by atoms with Gasteiger partial charge in [0.15, 0.2) is 0 Å². The van der Waals surface area contributed by atoms with Crippen LogP contribution in [0.15, 0.2) is 0 Å². The molecule has 0 saturated heterocycles. The Hall–Kier alpha value is -0.0400. The van der Waals surface area contributed by atoms with Gasteiger partial charge in [-0.05, 0) is 37.6 Å². The summed E-state index contributed by atoms with van der Waals surface area (Å²) >= 11 is 0.